The van der Waals surface area contributed by atoms with Gasteiger partial charge in [-0.1, -0.05) is 11.3 Å². The summed E-state index contributed by atoms with van der Waals surface area (Å²) in [5.74, 6) is 0.622. The Kier molecular flexibility index (Phi) is 10.9. The molecule has 0 bridgehead atoms. The molecule has 120 valence electrons. The largest absolute Gasteiger partial charge is 1.00 e. The van der Waals surface area contributed by atoms with Gasteiger partial charge in [0.15, 0.2) is 12.2 Å². The molecule has 0 fully saturated rings. The minimum atomic E-state index is -0.0932. The van der Waals surface area contributed by atoms with Gasteiger partial charge in [0.1, 0.15) is 11.4 Å². The van der Waals surface area contributed by atoms with Crippen LogP contribution in [0.5, 0.6) is 0 Å². The number of hydrogen-bond donors (Lipinski definition) is 2. The summed E-state index contributed by atoms with van der Waals surface area (Å²) in [4.78, 5) is 19.7. The van der Waals surface area contributed by atoms with Crippen molar-refractivity contribution in [2.24, 2.45) is 0 Å². The average Bonchev–Trinajstić information content (AvgIpc) is 2.66. The number of aromatic amines is 1. The highest BCUT2D eigenvalue weighted by atomic mass is 35.5. The molecule has 5 nitrogen and oxygen atoms in total. The van der Waals surface area contributed by atoms with Gasteiger partial charge in [-0.15, -0.1) is 24.8 Å². The lowest BCUT2D eigenvalue weighted by Gasteiger charge is -1.97. The van der Waals surface area contributed by atoms with Gasteiger partial charge in [0.25, 0.3) is 5.56 Å². The molecule has 2 rings (SSSR count). The summed E-state index contributed by atoms with van der Waals surface area (Å²) < 4.78 is 2.01. The molecule has 0 aliphatic carbocycles. The van der Waals surface area contributed by atoms with E-state index in [1.165, 1.54) is 0 Å². The highest BCUT2D eigenvalue weighted by Crippen LogP contribution is 2.11. The third-order valence-corrected chi connectivity index (χ3v) is 3.98. The van der Waals surface area contributed by atoms with Crippen molar-refractivity contribution in [1.29, 1.82) is 0 Å². The van der Waals surface area contributed by atoms with Gasteiger partial charge >= 0.3 is 0 Å². The Hall–Kier alpha value is -0.660. The van der Waals surface area contributed by atoms with Gasteiger partial charge in [0, 0.05) is 26.1 Å². The Balaban J connectivity index is 0. The quantitative estimate of drug-likeness (QED) is 0.618. The summed E-state index contributed by atoms with van der Waals surface area (Å²) in [6, 6.07) is 0. The van der Waals surface area contributed by atoms with Gasteiger partial charge in [-0.2, -0.15) is 4.57 Å². The fraction of sp³-hybridized carbons (Fsp3) is 0.417. The molecule has 2 N–H and O–H groups in total. The standard InChI is InChI=1S/C12H15N3O2S.3ClH/c1-8-11(3-4-16)18-7-15(8)6-10-5-13-9(2)14-12(10)17;;;/h5,7,16H,3-4,6H2,1-2H3;3*1H. The van der Waals surface area contributed by atoms with Gasteiger partial charge in [0.05, 0.1) is 4.88 Å². The number of hydrogen-bond acceptors (Lipinski definition) is 4. The van der Waals surface area contributed by atoms with Crippen molar-refractivity contribution in [1.82, 2.24) is 9.97 Å². The van der Waals surface area contributed by atoms with Gasteiger partial charge in [-0.25, -0.2) is 4.98 Å². The van der Waals surface area contributed by atoms with Crippen LogP contribution in [0.1, 0.15) is 22.0 Å². The number of aliphatic hydroxyl groups is 1. The summed E-state index contributed by atoms with van der Waals surface area (Å²) in [5.41, 5.74) is 3.61. The van der Waals surface area contributed by atoms with Crippen LogP contribution in [-0.2, 0) is 13.0 Å². The number of thiazole rings is 1. The van der Waals surface area contributed by atoms with E-state index >= 15 is 0 Å². The Morgan fingerprint density at radius 2 is 2.05 bits per heavy atom. The molecule has 9 heteroatoms. The Bertz CT molecular complexity index is 616. The zero-order valence-electron chi connectivity index (χ0n) is 11.6. The molecule has 21 heavy (non-hydrogen) atoms. The Morgan fingerprint density at radius 1 is 1.38 bits per heavy atom. The highest BCUT2D eigenvalue weighted by molar-refractivity contribution is 7.09. The first-order chi connectivity index (χ1) is 8.61. The van der Waals surface area contributed by atoms with Crippen LogP contribution in [0, 0.1) is 13.8 Å². The summed E-state index contributed by atoms with van der Waals surface area (Å²) in [5, 5.41) is 8.95. The zero-order valence-corrected chi connectivity index (χ0v) is 14.8. The number of rotatable bonds is 4. The van der Waals surface area contributed by atoms with Crippen LogP contribution in [0.2, 0.25) is 0 Å². The molecule has 2 heterocycles. The highest BCUT2D eigenvalue weighted by Gasteiger charge is 2.16. The van der Waals surface area contributed by atoms with Gasteiger partial charge in [0.2, 0.25) is 5.51 Å². The van der Waals surface area contributed by atoms with Gasteiger partial charge in [-0.05, 0) is 6.92 Å². The molecule has 2 aromatic heterocycles. The number of aliphatic hydroxyl groups excluding tert-OH is 1. The predicted octanol–water partition coefficient (Wildman–Crippen LogP) is -1.83. The first-order valence-electron chi connectivity index (χ1n) is 5.74. The Labute approximate surface area is 145 Å². The van der Waals surface area contributed by atoms with E-state index in [0.717, 1.165) is 10.6 Å². The van der Waals surface area contributed by atoms with E-state index in [-0.39, 0.29) is 49.4 Å². The summed E-state index contributed by atoms with van der Waals surface area (Å²) >= 11 is 1.60. The molecule has 0 amide bonds. The number of aryl methyl sites for hydroxylation is 1. The van der Waals surface area contributed by atoms with E-state index < -0.39 is 0 Å². The fourth-order valence-electron chi connectivity index (χ4n) is 1.76. The molecule has 0 aliphatic rings. The van der Waals surface area contributed by atoms with Crippen molar-refractivity contribution in [2.45, 2.75) is 26.8 Å². The fourth-order valence-corrected chi connectivity index (χ4v) is 2.74. The summed E-state index contributed by atoms with van der Waals surface area (Å²) in [6.07, 6.45) is 2.27. The molecule has 2 aromatic rings. The van der Waals surface area contributed by atoms with Crippen molar-refractivity contribution >= 4 is 36.2 Å². The zero-order chi connectivity index (χ0) is 13.1. The van der Waals surface area contributed by atoms with Crippen LogP contribution in [0.4, 0.5) is 0 Å². The van der Waals surface area contributed by atoms with Crippen LogP contribution in [0.3, 0.4) is 0 Å². The van der Waals surface area contributed by atoms with E-state index in [9.17, 15) is 4.79 Å². The number of H-pyrrole nitrogens is 1. The molecular weight excluding hydrogens is 357 g/mol. The van der Waals surface area contributed by atoms with E-state index in [1.807, 2.05) is 17.0 Å². The lowest BCUT2D eigenvalue weighted by Crippen LogP contribution is -3.00. The first-order valence-corrected chi connectivity index (χ1v) is 6.62. The van der Waals surface area contributed by atoms with Crippen molar-refractivity contribution < 1.29 is 22.1 Å². The third-order valence-electron chi connectivity index (χ3n) is 2.84. The van der Waals surface area contributed by atoms with Crippen molar-refractivity contribution in [3.63, 3.8) is 0 Å². The summed E-state index contributed by atoms with van der Waals surface area (Å²) in [6.45, 7) is 4.41. The predicted molar refractivity (Wildman–Crippen MR) is 83.2 cm³/mol. The maximum absolute atomic E-state index is 11.7. The second kappa shape index (κ2) is 10.1. The normalized spacial score (nSPS) is 9.29. The molecule has 0 atom stereocenters. The molecule has 0 aromatic carbocycles. The molecule has 0 unspecified atom stereocenters. The van der Waals surface area contributed by atoms with E-state index in [4.69, 9.17) is 5.11 Å². The van der Waals surface area contributed by atoms with Gasteiger partial charge < -0.3 is 22.5 Å². The lowest BCUT2D eigenvalue weighted by molar-refractivity contribution is -0.689. The van der Waals surface area contributed by atoms with Crippen molar-refractivity contribution in [3.05, 3.63) is 44.0 Å². The summed E-state index contributed by atoms with van der Waals surface area (Å²) in [7, 11) is 0. The lowest BCUT2D eigenvalue weighted by atomic mass is 10.3. The monoisotopic (exact) mass is 373 g/mol. The second-order valence-electron chi connectivity index (χ2n) is 4.16. The second-order valence-corrected chi connectivity index (χ2v) is 5.10. The van der Waals surface area contributed by atoms with Crippen LogP contribution < -0.4 is 22.5 Å². The van der Waals surface area contributed by atoms with Gasteiger partial charge in [-0.3, -0.25) is 4.79 Å². The number of nitrogens with zero attached hydrogens (tertiary/aromatic N) is 2. The van der Waals surface area contributed by atoms with Crippen LogP contribution in [-0.4, -0.2) is 21.7 Å². The molecule has 0 saturated carbocycles. The maximum atomic E-state index is 11.7. The van der Waals surface area contributed by atoms with Crippen LogP contribution in [0.25, 0.3) is 0 Å². The average molecular weight is 375 g/mol. The number of halogens is 3. The minimum absolute atomic E-state index is 0. The minimum Gasteiger partial charge on any atom is -1.00 e. The smallest absolute Gasteiger partial charge is 0.260 e. The number of nitrogens with one attached hydrogen (secondary N) is 1. The molecule has 0 spiro atoms. The van der Waals surface area contributed by atoms with E-state index in [2.05, 4.69) is 9.97 Å². The Morgan fingerprint density at radius 3 is 2.62 bits per heavy atom. The topological polar surface area (TPSA) is 69.9 Å². The van der Waals surface area contributed by atoms with Crippen molar-refractivity contribution in [3.8, 4) is 0 Å². The van der Waals surface area contributed by atoms with Crippen LogP contribution in [0.15, 0.2) is 16.5 Å². The van der Waals surface area contributed by atoms with Crippen LogP contribution >= 0.6 is 36.2 Å². The molecule has 0 aliphatic heterocycles. The molecule has 0 saturated heterocycles. The van der Waals surface area contributed by atoms with Crippen molar-refractivity contribution in [2.75, 3.05) is 6.61 Å². The number of aromatic nitrogens is 3. The SMILES string of the molecule is Cc1ncc(C[n+]2csc(CCO)c2C)c(=O)[nH]1.Cl.Cl.[Cl-]. The molecule has 0 radical (unpaired) electrons. The maximum Gasteiger partial charge on any atom is 0.260 e. The molecular formula is C12H18Cl3N3O2S. The van der Waals surface area contributed by atoms with E-state index in [0.29, 0.717) is 24.4 Å². The first kappa shape index (κ1) is 22.6. The third kappa shape index (κ3) is 5.56. The van der Waals surface area contributed by atoms with E-state index in [1.54, 1.807) is 24.5 Å².